The van der Waals surface area contributed by atoms with Gasteiger partial charge < -0.3 is 19.9 Å². The lowest BCUT2D eigenvalue weighted by molar-refractivity contribution is -0.257. The average Bonchev–Trinajstić information content (AvgIpc) is 2.68. The highest BCUT2D eigenvalue weighted by molar-refractivity contribution is 8.11. The minimum Gasteiger partial charge on any atom is -0.459 e. The van der Waals surface area contributed by atoms with Gasteiger partial charge >= 0.3 is 5.97 Å². The summed E-state index contributed by atoms with van der Waals surface area (Å²) in [6, 6.07) is -0.432. The van der Waals surface area contributed by atoms with Crippen LogP contribution < -0.4 is 5.32 Å². The lowest BCUT2D eigenvalue weighted by atomic mass is 9.96. The summed E-state index contributed by atoms with van der Waals surface area (Å²) >= 11 is 1.06. The molecule has 7 heteroatoms. The number of nitrogens with one attached hydrogen (secondary N) is 1. The number of likely N-dealkylation sites (N-methyl/N-ethyl adjacent to an activating group) is 1. The molecule has 0 aromatic rings. The molecule has 6 nitrogen and oxygen atoms in total. The third-order valence-corrected chi connectivity index (χ3v) is 6.01. The van der Waals surface area contributed by atoms with Gasteiger partial charge in [-0.15, -0.1) is 0 Å². The normalized spacial score (nSPS) is 24.1. The summed E-state index contributed by atoms with van der Waals surface area (Å²) in [5.74, 6) is -0.848. The second kappa shape index (κ2) is 14.0. The first-order valence-electron chi connectivity index (χ1n) is 10.5. The first-order valence-corrected chi connectivity index (χ1v) is 11.6. The van der Waals surface area contributed by atoms with E-state index in [-0.39, 0.29) is 12.4 Å². The van der Waals surface area contributed by atoms with E-state index in [1.54, 1.807) is 7.05 Å². The van der Waals surface area contributed by atoms with Crippen LogP contribution in [0.15, 0.2) is 23.8 Å². The Morgan fingerprint density at radius 1 is 1.41 bits per heavy atom. The molecule has 0 aliphatic carbocycles. The average molecular weight is 428 g/mol. The second-order valence-corrected chi connectivity index (χ2v) is 8.41. The van der Waals surface area contributed by atoms with E-state index in [1.165, 1.54) is 6.08 Å². The molecule has 3 atom stereocenters. The van der Waals surface area contributed by atoms with Gasteiger partial charge in [-0.25, -0.2) is 4.79 Å². The van der Waals surface area contributed by atoms with Crippen molar-refractivity contribution >= 4 is 23.3 Å². The van der Waals surface area contributed by atoms with Crippen LogP contribution in [0.1, 0.15) is 59.3 Å². The molecule has 1 aliphatic rings. The Morgan fingerprint density at radius 2 is 2.14 bits per heavy atom. The molecule has 0 amide bonds. The SMILES string of the molecule is CCC(/C=C\CC/C(C)=C\C(=O)OC1CCOC(O)(C(CSC=O)NC)C1)CC. The molecule has 1 rings (SSSR count). The van der Waals surface area contributed by atoms with Crippen molar-refractivity contribution in [2.75, 3.05) is 19.4 Å². The molecule has 1 aliphatic heterocycles. The zero-order chi connectivity index (χ0) is 21.7. The summed E-state index contributed by atoms with van der Waals surface area (Å²) in [6.45, 7) is 6.61. The lowest BCUT2D eigenvalue weighted by Crippen LogP contribution is -2.57. The fraction of sp³-hybridized carbons (Fsp3) is 0.727. The van der Waals surface area contributed by atoms with Gasteiger partial charge in [0.25, 0.3) is 0 Å². The molecule has 1 fully saturated rings. The highest BCUT2D eigenvalue weighted by Crippen LogP contribution is 2.29. The minimum absolute atomic E-state index is 0.175. The van der Waals surface area contributed by atoms with Crippen LogP contribution in [0.5, 0.6) is 0 Å². The van der Waals surface area contributed by atoms with Crippen molar-refractivity contribution in [3.63, 3.8) is 0 Å². The van der Waals surface area contributed by atoms with Gasteiger partial charge in [0.05, 0.1) is 12.6 Å². The van der Waals surface area contributed by atoms with Crippen molar-refractivity contribution in [3.05, 3.63) is 23.8 Å². The molecule has 2 N–H and O–H groups in total. The number of hydrogen-bond donors (Lipinski definition) is 2. The molecule has 0 saturated carbocycles. The highest BCUT2D eigenvalue weighted by Gasteiger charge is 2.43. The van der Waals surface area contributed by atoms with Gasteiger partial charge in [0.15, 0.2) is 11.4 Å². The quantitative estimate of drug-likeness (QED) is 0.201. The summed E-state index contributed by atoms with van der Waals surface area (Å²) in [7, 11) is 1.71. The number of allylic oxidation sites excluding steroid dienone is 3. The van der Waals surface area contributed by atoms with Crippen molar-refractivity contribution in [1.82, 2.24) is 5.32 Å². The lowest BCUT2D eigenvalue weighted by Gasteiger charge is -2.41. The van der Waals surface area contributed by atoms with E-state index in [1.807, 2.05) is 6.92 Å². The van der Waals surface area contributed by atoms with Crippen LogP contribution >= 0.6 is 11.8 Å². The van der Waals surface area contributed by atoms with E-state index in [0.717, 1.165) is 48.6 Å². The first-order chi connectivity index (χ1) is 13.9. The number of esters is 1. The van der Waals surface area contributed by atoms with Gasteiger partial charge in [-0.1, -0.05) is 43.3 Å². The van der Waals surface area contributed by atoms with Crippen LogP contribution in [0.25, 0.3) is 0 Å². The van der Waals surface area contributed by atoms with Crippen LogP contribution in [0.4, 0.5) is 0 Å². The number of hydrogen-bond acceptors (Lipinski definition) is 7. The Kier molecular flexibility index (Phi) is 12.5. The number of ether oxygens (including phenoxy) is 2. The maximum Gasteiger partial charge on any atom is 0.330 e. The molecule has 0 radical (unpaired) electrons. The summed E-state index contributed by atoms with van der Waals surface area (Å²) < 4.78 is 11.1. The van der Waals surface area contributed by atoms with Crippen molar-refractivity contribution in [3.8, 4) is 0 Å². The molecule has 3 unspecified atom stereocenters. The maximum atomic E-state index is 12.3. The van der Waals surface area contributed by atoms with Gasteiger partial charge in [0.2, 0.25) is 0 Å². The molecule has 0 aromatic heterocycles. The standard InChI is InChI=1S/C22H37NO5S/c1-5-18(6-2)10-8-7-9-17(3)13-21(25)28-19-11-12-27-22(26,14-19)20(23-4)15-29-16-24/h8,10,13,16,18-20,23,26H,5-7,9,11-12,14-15H2,1-4H3/b10-8-,17-13-. The number of rotatable bonds is 13. The molecule has 1 heterocycles. The molecular formula is C22H37NO5S. The molecule has 0 spiro atoms. The van der Waals surface area contributed by atoms with Crippen LogP contribution in [0.3, 0.4) is 0 Å². The number of aliphatic hydroxyl groups is 1. The fourth-order valence-electron chi connectivity index (χ4n) is 3.40. The van der Waals surface area contributed by atoms with Crippen LogP contribution in [0.2, 0.25) is 0 Å². The van der Waals surface area contributed by atoms with Crippen molar-refractivity contribution < 1.29 is 24.2 Å². The third-order valence-electron chi connectivity index (χ3n) is 5.35. The summed E-state index contributed by atoms with van der Waals surface area (Å²) in [5, 5.41) is 13.8. The van der Waals surface area contributed by atoms with Crippen molar-refractivity contribution in [2.24, 2.45) is 5.92 Å². The Balaban J connectivity index is 2.53. The zero-order valence-corrected chi connectivity index (χ0v) is 19.0. The van der Waals surface area contributed by atoms with E-state index < -0.39 is 17.9 Å². The predicted octanol–water partition coefficient (Wildman–Crippen LogP) is 3.63. The van der Waals surface area contributed by atoms with Crippen molar-refractivity contribution in [1.29, 1.82) is 0 Å². The Morgan fingerprint density at radius 3 is 2.76 bits per heavy atom. The smallest absolute Gasteiger partial charge is 0.330 e. The van der Waals surface area contributed by atoms with E-state index in [4.69, 9.17) is 9.47 Å². The molecule has 1 saturated heterocycles. The summed E-state index contributed by atoms with van der Waals surface area (Å²) in [6.07, 6.45) is 10.3. The molecule has 0 bridgehead atoms. The van der Waals surface area contributed by atoms with E-state index in [9.17, 15) is 14.7 Å². The van der Waals surface area contributed by atoms with Crippen molar-refractivity contribution in [2.45, 2.75) is 77.2 Å². The maximum absolute atomic E-state index is 12.3. The second-order valence-electron chi connectivity index (χ2n) is 7.55. The van der Waals surface area contributed by atoms with E-state index in [2.05, 4.69) is 31.3 Å². The monoisotopic (exact) mass is 427 g/mol. The topological polar surface area (TPSA) is 84.9 Å². The van der Waals surface area contributed by atoms with Gasteiger partial charge in [0, 0.05) is 24.7 Å². The number of carbonyl (C=O) groups is 2. The van der Waals surface area contributed by atoms with E-state index >= 15 is 0 Å². The largest absolute Gasteiger partial charge is 0.459 e. The van der Waals surface area contributed by atoms with Gasteiger partial charge in [-0.2, -0.15) is 0 Å². The molecule has 29 heavy (non-hydrogen) atoms. The molecular weight excluding hydrogens is 390 g/mol. The zero-order valence-electron chi connectivity index (χ0n) is 18.2. The highest BCUT2D eigenvalue weighted by atomic mass is 32.2. The summed E-state index contributed by atoms with van der Waals surface area (Å²) in [4.78, 5) is 22.9. The van der Waals surface area contributed by atoms with Crippen LogP contribution in [0, 0.1) is 5.92 Å². The Bertz CT molecular complexity index is 561. The molecule has 0 aromatic carbocycles. The predicted molar refractivity (Wildman–Crippen MR) is 118 cm³/mol. The third kappa shape index (κ3) is 9.47. The number of thioether (sulfide) groups is 1. The molecule has 166 valence electrons. The van der Waals surface area contributed by atoms with E-state index in [0.29, 0.717) is 24.7 Å². The fourth-order valence-corrected chi connectivity index (χ4v) is 4.10. The Labute approximate surface area is 179 Å². The first kappa shape index (κ1) is 25.9. The van der Waals surface area contributed by atoms with Gasteiger partial charge in [0.1, 0.15) is 6.10 Å². The van der Waals surface area contributed by atoms with Gasteiger partial charge in [-0.05, 0) is 45.6 Å². The van der Waals surface area contributed by atoms with Crippen LogP contribution in [-0.4, -0.2) is 54.0 Å². The summed E-state index contributed by atoms with van der Waals surface area (Å²) in [5.41, 5.74) is 1.71. The minimum atomic E-state index is -1.47. The Hall–Kier alpha value is -1.15. The van der Waals surface area contributed by atoms with Gasteiger partial charge in [-0.3, -0.25) is 4.79 Å². The number of carbonyl (C=O) groups excluding carboxylic acids is 2. The van der Waals surface area contributed by atoms with Crippen LogP contribution in [-0.2, 0) is 19.1 Å².